The van der Waals surface area contributed by atoms with Crippen molar-refractivity contribution in [1.82, 2.24) is 14.9 Å². The van der Waals surface area contributed by atoms with Crippen LogP contribution in [-0.2, 0) is 9.59 Å². The summed E-state index contributed by atoms with van der Waals surface area (Å²) in [6.45, 7) is 7.18. The molecule has 2 amide bonds. The number of nitrogens with zero attached hydrogens (tertiary/aromatic N) is 3. The number of nitrogens with one attached hydrogen (secondary N) is 1. The van der Waals surface area contributed by atoms with Gasteiger partial charge in [-0.2, -0.15) is 0 Å². The molecule has 122 valence electrons. The van der Waals surface area contributed by atoms with E-state index in [9.17, 15) is 9.59 Å². The summed E-state index contributed by atoms with van der Waals surface area (Å²) >= 11 is 0. The van der Waals surface area contributed by atoms with Crippen LogP contribution in [0.1, 0.15) is 33.6 Å². The largest absolute Gasteiger partial charge is 0.380 e. The van der Waals surface area contributed by atoms with Crippen molar-refractivity contribution >= 4 is 18.0 Å². The zero-order valence-electron chi connectivity index (χ0n) is 13.4. The number of hydrogen-bond donors (Lipinski definition) is 2. The fraction of sp³-hybridized carbons (Fsp3) is 0.600. The van der Waals surface area contributed by atoms with Crippen LogP contribution in [0.4, 0.5) is 5.69 Å². The molecule has 1 aliphatic heterocycles. The van der Waals surface area contributed by atoms with Crippen LogP contribution in [-0.4, -0.2) is 45.8 Å². The maximum absolute atomic E-state index is 10.6. The van der Waals surface area contributed by atoms with Gasteiger partial charge < -0.3 is 16.0 Å². The highest BCUT2D eigenvalue weighted by Crippen LogP contribution is 2.13. The Labute approximate surface area is 131 Å². The van der Waals surface area contributed by atoms with Crippen molar-refractivity contribution in [2.45, 2.75) is 45.7 Å². The van der Waals surface area contributed by atoms with Crippen LogP contribution >= 0.6 is 0 Å². The van der Waals surface area contributed by atoms with Gasteiger partial charge in [0.2, 0.25) is 12.3 Å². The predicted octanol–water partition coefficient (Wildman–Crippen LogP) is 1.03. The van der Waals surface area contributed by atoms with Gasteiger partial charge >= 0.3 is 0 Å². The van der Waals surface area contributed by atoms with E-state index in [0.717, 1.165) is 12.1 Å². The van der Waals surface area contributed by atoms with Gasteiger partial charge in [-0.15, -0.1) is 0 Å². The Morgan fingerprint density at radius 3 is 2.50 bits per heavy atom. The Bertz CT molecular complexity index is 466. The number of carbonyl (C=O) groups excluding carboxylic acids is 2. The zero-order valence-corrected chi connectivity index (χ0v) is 13.4. The standard InChI is InChI=1S/C9H15N3.C6H10N2O2/c1-7(2)8(3)12-9-4-10-6-11-5-9;7-6(10)5-2-1-3-8(5)4-9/h4-8,12H,1-3H3;4-5H,1-3H2,(H2,7,10)/t;5-/m.0/s1. The molecule has 2 atom stereocenters. The molecule has 22 heavy (non-hydrogen) atoms. The lowest BCUT2D eigenvalue weighted by molar-refractivity contribution is -0.128. The van der Waals surface area contributed by atoms with Crippen molar-refractivity contribution in [3.05, 3.63) is 18.7 Å². The molecule has 1 unspecified atom stereocenters. The van der Waals surface area contributed by atoms with E-state index in [1.54, 1.807) is 12.4 Å². The van der Waals surface area contributed by atoms with Crippen LogP contribution in [0.3, 0.4) is 0 Å². The first-order valence-corrected chi connectivity index (χ1v) is 7.47. The molecule has 1 aromatic heterocycles. The van der Waals surface area contributed by atoms with E-state index in [4.69, 9.17) is 5.73 Å². The third kappa shape index (κ3) is 5.67. The van der Waals surface area contributed by atoms with E-state index in [-0.39, 0.29) is 6.04 Å². The summed E-state index contributed by atoms with van der Waals surface area (Å²) < 4.78 is 0. The van der Waals surface area contributed by atoms with Crippen molar-refractivity contribution in [2.75, 3.05) is 11.9 Å². The van der Waals surface area contributed by atoms with Gasteiger partial charge in [0.25, 0.3) is 0 Å². The van der Waals surface area contributed by atoms with Gasteiger partial charge in [-0.25, -0.2) is 9.97 Å². The van der Waals surface area contributed by atoms with Gasteiger partial charge in [0.05, 0.1) is 18.1 Å². The van der Waals surface area contributed by atoms with Crippen molar-refractivity contribution in [2.24, 2.45) is 11.7 Å². The first-order valence-electron chi connectivity index (χ1n) is 7.47. The molecule has 3 N–H and O–H groups in total. The summed E-state index contributed by atoms with van der Waals surface area (Å²) in [5.41, 5.74) is 6.01. The van der Waals surface area contributed by atoms with E-state index >= 15 is 0 Å². The maximum Gasteiger partial charge on any atom is 0.240 e. The monoisotopic (exact) mass is 307 g/mol. The summed E-state index contributed by atoms with van der Waals surface area (Å²) in [5.74, 6) is 0.217. The summed E-state index contributed by atoms with van der Waals surface area (Å²) in [6, 6.07) is 0.105. The number of hydrogen-bond acceptors (Lipinski definition) is 5. The molecule has 0 saturated carbocycles. The van der Waals surface area contributed by atoms with E-state index in [0.29, 0.717) is 31.3 Å². The number of amides is 2. The Morgan fingerprint density at radius 2 is 2.05 bits per heavy atom. The average Bonchev–Trinajstić information content (AvgIpc) is 2.97. The Hall–Kier alpha value is -2.18. The molecule has 7 heteroatoms. The van der Waals surface area contributed by atoms with Crippen molar-refractivity contribution in [3.63, 3.8) is 0 Å². The van der Waals surface area contributed by atoms with Crippen LogP contribution in [0.15, 0.2) is 18.7 Å². The van der Waals surface area contributed by atoms with Crippen LogP contribution < -0.4 is 11.1 Å². The molecule has 0 radical (unpaired) electrons. The maximum atomic E-state index is 10.6. The molecule has 2 heterocycles. The number of aromatic nitrogens is 2. The predicted molar refractivity (Wildman–Crippen MR) is 84.9 cm³/mol. The molecule has 0 aromatic carbocycles. The Balaban J connectivity index is 0.000000224. The summed E-state index contributed by atoms with van der Waals surface area (Å²) in [5, 5.41) is 3.32. The van der Waals surface area contributed by atoms with E-state index in [1.165, 1.54) is 11.2 Å². The number of rotatable bonds is 5. The first-order chi connectivity index (χ1) is 10.5. The normalized spacial score (nSPS) is 18.4. The average molecular weight is 307 g/mol. The highest BCUT2D eigenvalue weighted by atomic mass is 16.2. The highest BCUT2D eigenvalue weighted by molar-refractivity contribution is 5.82. The minimum atomic E-state index is -0.399. The summed E-state index contributed by atoms with van der Waals surface area (Å²) in [6.07, 6.45) is 7.38. The zero-order chi connectivity index (χ0) is 16.5. The van der Waals surface area contributed by atoms with Crippen LogP contribution in [0.25, 0.3) is 0 Å². The molecule has 7 nitrogen and oxygen atoms in total. The quantitative estimate of drug-likeness (QED) is 0.791. The van der Waals surface area contributed by atoms with Crippen molar-refractivity contribution in [3.8, 4) is 0 Å². The molecule has 1 saturated heterocycles. The Kier molecular flexibility index (Phi) is 7.28. The lowest BCUT2D eigenvalue weighted by Crippen LogP contribution is -2.39. The molecular formula is C15H25N5O2. The molecule has 0 aliphatic carbocycles. The number of likely N-dealkylation sites (tertiary alicyclic amines) is 1. The van der Waals surface area contributed by atoms with Crippen molar-refractivity contribution < 1.29 is 9.59 Å². The fourth-order valence-electron chi connectivity index (χ4n) is 2.02. The van der Waals surface area contributed by atoms with E-state index in [2.05, 4.69) is 36.1 Å². The summed E-state index contributed by atoms with van der Waals surface area (Å²) in [7, 11) is 0. The van der Waals surface area contributed by atoms with Gasteiger partial charge in [0.15, 0.2) is 0 Å². The first kappa shape index (κ1) is 17.9. The van der Waals surface area contributed by atoms with Gasteiger partial charge in [-0.3, -0.25) is 9.59 Å². The molecule has 0 spiro atoms. The van der Waals surface area contributed by atoms with E-state index < -0.39 is 5.91 Å². The highest BCUT2D eigenvalue weighted by Gasteiger charge is 2.27. The lowest BCUT2D eigenvalue weighted by atomic mass is 10.1. The second-order valence-corrected chi connectivity index (χ2v) is 5.71. The minimum absolute atomic E-state index is 0.350. The second kappa shape index (κ2) is 8.96. The van der Waals surface area contributed by atoms with Gasteiger partial charge in [0.1, 0.15) is 12.4 Å². The second-order valence-electron chi connectivity index (χ2n) is 5.71. The van der Waals surface area contributed by atoms with Crippen LogP contribution in [0.5, 0.6) is 0 Å². The van der Waals surface area contributed by atoms with Crippen LogP contribution in [0.2, 0.25) is 0 Å². The molecule has 2 rings (SSSR count). The minimum Gasteiger partial charge on any atom is -0.380 e. The van der Waals surface area contributed by atoms with Crippen molar-refractivity contribution in [1.29, 1.82) is 0 Å². The topological polar surface area (TPSA) is 101 Å². The summed E-state index contributed by atoms with van der Waals surface area (Å²) in [4.78, 5) is 30.1. The number of primary amides is 1. The number of carbonyl (C=O) groups is 2. The van der Waals surface area contributed by atoms with Crippen LogP contribution in [0, 0.1) is 5.92 Å². The number of nitrogens with two attached hydrogens (primary N) is 1. The fourth-order valence-corrected chi connectivity index (χ4v) is 2.02. The SMILES string of the molecule is CC(C)C(C)Nc1cncnc1.NC(=O)[C@@H]1CCCN1C=O. The smallest absolute Gasteiger partial charge is 0.240 e. The molecular weight excluding hydrogens is 282 g/mol. The van der Waals surface area contributed by atoms with Gasteiger partial charge in [0, 0.05) is 12.6 Å². The molecule has 0 bridgehead atoms. The third-order valence-corrected chi connectivity index (χ3v) is 3.71. The van der Waals surface area contributed by atoms with E-state index in [1.807, 2.05) is 0 Å². The Morgan fingerprint density at radius 1 is 1.41 bits per heavy atom. The molecule has 1 aliphatic rings. The molecule has 1 aromatic rings. The number of anilines is 1. The third-order valence-electron chi connectivity index (χ3n) is 3.71. The molecule has 1 fully saturated rings. The van der Waals surface area contributed by atoms with Gasteiger partial charge in [-0.1, -0.05) is 13.8 Å². The lowest BCUT2D eigenvalue weighted by Gasteiger charge is -2.17. The van der Waals surface area contributed by atoms with Gasteiger partial charge in [-0.05, 0) is 25.7 Å².